The van der Waals surface area contributed by atoms with Gasteiger partial charge in [-0.3, -0.25) is 4.98 Å². The third-order valence-electron chi connectivity index (χ3n) is 3.93. The third kappa shape index (κ3) is 4.17. The number of pyridine rings is 2. The molecule has 132 valence electrons. The maximum absolute atomic E-state index is 5.94. The lowest BCUT2D eigenvalue weighted by Crippen LogP contribution is -2.25. The molecule has 0 atom stereocenters. The first-order valence-corrected chi connectivity index (χ1v) is 8.18. The van der Waals surface area contributed by atoms with Crippen molar-refractivity contribution in [1.29, 1.82) is 0 Å². The second-order valence-electron chi connectivity index (χ2n) is 5.73. The molecule has 0 aliphatic heterocycles. The molecule has 2 aromatic heterocycles. The number of aryl methyl sites for hydroxylation is 1. The molecule has 1 aromatic carbocycles. The van der Waals surface area contributed by atoms with Crippen LogP contribution in [0.3, 0.4) is 0 Å². The van der Waals surface area contributed by atoms with Crippen molar-refractivity contribution in [1.82, 2.24) is 15.4 Å². The van der Waals surface area contributed by atoms with Gasteiger partial charge >= 0.3 is 0 Å². The Morgan fingerprint density at radius 3 is 2.65 bits per heavy atom. The third-order valence-corrected chi connectivity index (χ3v) is 3.93. The van der Waals surface area contributed by atoms with E-state index in [1.807, 2.05) is 55.5 Å². The van der Waals surface area contributed by atoms with Gasteiger partial charge in [0.25, 0.3) is 0 Å². The fourth-order valence-corrected chi connectivity index (χ4v) is 2.53. The van der Waals surface area contributed by atoms with Gasteiger partial charge in [0.2, 0.25) is 5.88 Å². The highest BCUT2D eigenvalue weighted by molar-refractivity contribution is 5.59. The number of benzene rings is 1. The van der Waals surface area contributed by atoms with E-state index in [2.05, 4.69) is 27.3 Å². The van der Waals surface area contributed by atoms with Gasteiger partial charge in [0, 0.05) is 35.3 Å². The maximum atomic E-state index is 5.94. The van der Waals surface area contributed by atoms with E-state index in [1.165, 1.54) is 0 Å². The Labute approximate surface area is 152 Å². The van der Waals surface area contributed by atoms with E-state index in [0.29, 0.717) is 18.3 Å². The molecule has 6 nitrogen and oxygen atoms in total. The molecule has 3 rings (SSSR count). The van der Waals surface area contributed by atoms with Crippen LogP contribution >= 0.6 is 0 Å². The molecular weight excluding hydrogens is 326 g/mol. The summed E-state index contributed by atoms with van der Waals surface area (Å²) < 4.78 is 5.94. The number of nitrogens with two attached hydrogens (primary N) is 1. The molecule has 6 heteroatoms. The minimum absolute atomic E-state index is 0.375. The van der Waals surface area contributed by atoms with Gasteiger partial charge in [0.05, 0.1) is 5.69 Å². The van der Waals surface area contributed by atoms with Crippen LogP contribution in [0.5, 0.6) is 5.88 Å². The summed E-state index contributed by atoms with van der Waals surface area (Å²) in [5, 5.41) is 3.14. The fourth-order valence-electron chi connectivity index (χ4n) is 2.53. The van der Waals surface area contributed by atoms with Crippen LogP contribution < -0.4 is 21.3 Å². The first kappa shape index (κ1) is 17.4. The highest BCUT2D eigenvalue weighted by Gasteiger charge is 2.08. The van der Waals surface area contributed by atoms with Crippen LogP contribution in [-0.2, 0) is 6.61 Å². The van der Waals surface area contributed by atoms with Gasteiger partial charge in [0.1, 0.15) is 12.4 Å². The maximum Gasteiger partial charge on any atom is 0.214 e. The number of hydrogen-bond donors (Lipinski definition) is 3. The summed E-state index contributed by atoms with van der Waals surface area (Å²) in [6.45, 7) is 6.20. The van der Waals surface area contributed by atoms with Crippen LogP contribution in [-0.4, -0.2) is 9.97 Å². The lowest BCUT2D eigenvalue weighted by atomic mass is 10.1. The minimum Gasteiger partial charge on any atom is -0.473 e. The van der Waals surface area contributed by atoms with Gasteiger partial charge in [-0.05, 0) is 36.8 Å². The molecule has 0 bridgehead atoms. The molecule has 0 aliphatic rings. The van der Waals surface area contributed by atoms with Gasteiger partial charge in [-0.25, -0.2) is 10.8 Å². The predicted octanol–water partition coefficient (Wildman–Crippen LogP) is 3.38. The van der Waals surface area contributed by atoms with Gasteiger partial charge < -0.3 is 15.5 Å². The highest BCUT2D eigenvalue weighted by atomic mass is 16.5. The fraction of sp³-hybridized carbons (Fsp3) is 0.100. The molecule has 0 radical (unpaired) electrons. The lowest BCUT2D eigenvalue weighted by Gasteiger charge is -2.16. The molecule has 0 fully saturated rings. The van der Waals surface area contributed by atoms with Crippen molar-refractivity contribution in [2.24, 2.45) is 5.84 Å². The van der Waals surface area contributed by atoms with E-state index < -0.39 is 0 Å². The predicted molar refractivity (Wildman–Crippen MR) is 103 cm³/mol. The second kappa shape index (κ2) is 8.13. The lowest BCUT2D eigenvalue weighted by molar-refractivity contribution is 0.294. The van der Waals surface area contributed by atoms with Crippen LogP contribution in [0.25, 0.3) is 11.3 Å². The van der Waals surface area contributed by atoms with E-state index in [0.717, 1.165) is 28.1 Å². The Morgan fingerprint density at radius 2 is 1.88 bits per heavy atom. The number of hydrazine groups is 1. The summed E-state index contributed by atoms with van der Waals surface area (Å²) in [7, 11) is 0. The quantitative estimate of drug-likeness (QED) is 0.449. The molecule has 0 amide bonds. The van der Waals surface area contributed by atoms with Crippen molar-refractivity contribution in [2.45, 2.75) is 13.5 Å². The Hall–Kier alpha value is -3.38. The van der Waals surface area contributed by atoms with Crippen LogP contribution in [0.15, 0.2) is 73.3 Å². The molecule has 0 spiro atoms. The second-order valence-corrected chi connectivity index (χ2v) is 5.73. The summed E-state index contributed by atoms with van der Waals surface area (Å²) in [5.41, 5.74) is 7.33. The van der Waals surface area contributed by atoms with Crippen molar-refractivity contribution in [2.75, 3.05) is 5.32 Å². The smallest absolute Gasteiger partial charge is 0.214 e. The zero-order valence-corrected chi connectivity index (χ0v) is 14.6. The molecule has 26 heavy (non-hydrogen) atoms. The zero-order valence-electron chi connectivity index (χ0n) is 14.6. The van der Waals surface area contributed by atoms with Crippen LogP contribution in [0.4, 0.5) is 5.69 Å². The Balaban J connectivity index is 1.78. The van der Waals surface area contributed by atoms with Crippen LogP contribution in [0.2, 0.25) is 0 Å². The highest BCUT2D eigenvalue weighted by Crippen LogP contribution is 2.24. The summed E-state index contributed by atoms with van der Waals surface area (Å²) in [4.78, 5) is 8.61. The average molecular weight is 347 g/mol. The number of aromatic nitrogens is 2. The minimum atomic E-state index is 0.375. The van der Waals surface area contributed by atoms with Gasteiger partial charge in [-0.2, -0.15) is 0 Å². The van der Waals surface area contributed by atoms with Crippen molar-refractivity contribution < 1.29 is 4.74 Å². The van der Waals surface area contributed by atoms with Crippen LogP contribution in [0.1, 0.15) is 11.1 Å². The number of nitrogens with zero attached hydrogens (tertiary/aromatic N) is 2. The van der Waals surface area contributed by atoms with Gasteiger partial charge in [0.15, 0.2) is 0 Å². The van der Waals surface area contributed by atoms with Crippen molar-refractivity contribution >= 4 is 5.69 Å². The molecule has 0 saturated heterocycles. The van der Waals surface area contributed by atoms with Crippen LogP contribution in [0, 0.1) is 6.92 Å². The Kier molecular flexibility index (Phi) is 5.46. The van der Waals surface area contributed by atoms with E-state index in [4.69, 9.17) is 10.6 Å². The van der Waals surface area contributed by atoms with Gasteiger partial charge in [-0.1, -0.05) is 24.8 Å². The molecule has 2 heterocycles. The number of rotatable bonds is 7. The number of nitrogens with one attached hydrogen (secondary N) is 2. The van der Waals surface area contributed by atoms with Crippen molar-refractivity contribution in [3.8, 4) is 17.1 Å². The van der Waals surface area contributed by atoms with E-state index in [-0.39, 0.29) is 0 Å². The largest absolute Gasteiger partial charge is 0.473 e. The van der Waals surface area contributed by atoms with E-state index in [1.54, 1.807) is 12.4 Å². The SMILES string of the molecule is C=C(NN)Nc1cccc(C)c1COc1cccc(-c2ccncc2)n1. The molecule has 0 unspecified atom stereocenters. The Bertz CT molecular complexity index is 896. The van der Waals surface area contributed by atoms with Gasteiger partial charge in [-0.15, -0.1) is 0 Å². The van der Waals surface area contributed by atoms with E-state index in [9.17, 15) is 0 Å². The molecule has 0 aliphatic carbocycles. The summed E-state index contributed by atoms with van der Waals surface area (Å²) >= 11 is 0. The topological polar surface area (TPSA) is 85.1 Å². The van der Waals surface area contributed by atoms with Crippen molar-refractivity contribution in [3.63, 3.8) is 0 Å². The van der Waals surface area contributed by atoms with Crippen molar-refractivity contribution in [3.05, 3.63) is 84.5 Å². The van der Waals surface area contributed by atoms with E-state index >= 15 is 0 Å². The zero-order chi connectivity index (χ0) is 18.4. The Morgan fingerprint density at radius 1 is 1.12 bits per heavy atom. The monoisotopic (exact) mass is 347 g/mol. The number of hydrogen-bond acceptors (Lipinski definition) is 6. The average Bonchev–Trinajstić information content (AvgIpc) is 2.68. The molecular formula is C20H21N5O. The number of ether oxygens (including phenoxy) is 1. The molecule has 0 saturated carbocycles. The molecule has 4 N–H and O–H groups in total. The first-order valence-electron chi connectivity index (χ1n) is 8.18. The summed E-state index contributed by atoms with van der Waals surface area (Å²) in [5.74, 6) is 6.46. The molecule has 3 aromatic rings. The normalized spacial score (nSPS) is 10.2. The number of anilines is 1. The standard InChI is InChI=1S/C20H21N5O/c1-14-5-3-7-19(23-15(2)25-21)17(14)13-26-20-8-4-6-18(24-20)16-9-11-22-12-10-16/h3-12,23,25H,2,13,21H2,1H3. The first-order chi connectivity index (χ1) is 12.7. The summed E-state index contributed by atoms with van der Waals surface area (Å²) in [6.07, 6.45) is 3.49. The summed E-state index contributed by atoms with van der Waals surface area (Å²) in [6, 6.07) is 15.5.